The molecule has 39 heavy (non-hydrogen) atoms. The van der Waals surface area contributed by atoms with Crippen LogP contribution in [0.25, 0.3) is 16.7 Å². The fourth-order valence-electron chi connectivity index (χ4n) is 4.77. The molecule has 1 aliphatic rings. The third-order valence-corrected chi connectivity index (χ3v) is 6.50. The van der Waals surface area contributed by atoms with E-state index in [0.29, 0.717) is 11.5 Å². The Morgan fingerprint density at radius 1 is 0.795 bits per heavy atom. The summed E-state index contributed by atoms with van der Waals surface area (Å²) in [4.78, 5) is 6.64. The van der Waals surface area contributed by atoms with E-state index in [-0.39, 0.29) is 28.1 Å². The summed E-state index contributed by atoms with van der Waals surface area (Å²) < 4.78 is 16.5. The van der Waals surface area contributed by atoms with E-state index in [1.165, 1.54) is 0 Å². The largest absolute Gasteiger partial charge is 0.535 e. The molecule has 192 valence electrons. The Hall–Kier alpha value is -4.35. The first-order valence-electron chi connectivity index (χ1n) is 12.3. The van der Waals surface area contributed by atoms with E-state index >= 15 is 0 Å². The molecular weight excluding hydrogens is 666 g/mol. The van der Waals surface area contributed by atoms with E-state index in [9.17, 15) is 0 Å². The molecule has 0 amide bonds. The van der Waals surface area contributed by atoms with E-state index in [0.717, 1.165) is 39.4 Å². The molecule has 4 aromatic carbocycles. The number of para-hydroxylation sites is 2. The topological polar surface area (TPSA) is 43.4 Å². The molecule has 2 aromatic heterocycles. The number of imidazole rings is 1. The van der Waals surface area contributed by atoms with Gasteiger partial charge in [0.05, 0.1) is 18.1 Å². The molecule has 0 bridgehead atoms. The average molecular weight is 687 g/mol. The summed E-state index contributed by atoms with van der Waals surface area (Å²) in [5, 5.41) is 0. The predicted octanol–water partition coefficient (Wildman–Crippen LogP) is 4.97. The van der Waals surface area contributed by atoms with Gasteiger partial charge in [0.15, 0.2) is 5.82 Å². The van der Waals surface area contributed by atoms with E-state index in [1.54, 1.807) is 6.20 Å². The Bertz CT molecular complexity index is 1780. The Morgan fingerprint density at radius 2 is 1.51 bits per heavy atom. The Balaban J connectivity index is 0.00000277. The number of hydrogen-bond donors (Lipinski definition) is 0. The number of anilines is 2. The molecule has 8 heteroatoms. The molecule has 0 N–H and O–H groups in total. The molecule has 6 aromatic rings. The van der Waals surface area contributed by atoms with Crippen LogP contribution in [-0.4, -0.2) is 16.6 Å². The average Bonchev–Trinajstić information content (AvgIpc) is 3.52. The van der Waals surface area contributed by atoms with Crippen LogP contribution in [0.5, 0.6) is 17.2 Å². The Labute approximate surface area is 241 Å². The fourth-order valence-corrected chi connectivity index (χ4v) is 4.77. The standard InChI is InChI=1S/C31H21BN4O2.Pt/c1-34-22-35(29-17-6-5-16-28(29)34)24-12-7-14-26(20-24)37-27-15-8-13-25(21-27)36-31-30(18-9-19-33-31)38-32(36)23-10-3-2-4-11-23;/h2-19H,1H3;/q-2;. The van der Waals surface area contributed by atoms with Gasteiger partial charge in [-0.3, -0.25) is 0 Å². The summed E-state index contributed by atoms with van der Waals surface area (Å²) in [5.41, 5.74) is 4.79. The third-order valence-electron chi connectivity index (χ3n) is 6.50. The molecule has 6 nitrogen and oxygen atoms in total. The summed E-state index contributed by atoms with van der Waals surface area (Å²) in [7, 11) is 1.62. The van der Waals surface area contributed by atoms with E-state index in [1.807, 2.05) is 112 Å². The molecule has 1 aliphatic heterocycles. The Kier molecular flexibility index (Phi) is 6.68. The van der Waals surface area contributed by atoms with Gasteiger partial charge in [0.2, 0.25) is 6.33 Å². The van der Waals surface area contributed by atoms with Gasteiger partial charge < -0.3 is 23.3 Å². The molecule has 0 radical (unpaired) electrons. The quantitative estimate of drug-likeness (QED) is 0.146. The van der Waals surface area contributed by atoms with Crippen molar-refractivity contribution in [3.05, 3.63) is 128 Å². The molecular formula is C31H21BN4O2Pt-2. The summed E-state index contributed by atoms with van der Waals surface area (Å²) >= 11 is 0. The zero-order chi connectivity index (χ0) is 25.5. The first-order chi connectivity index (χ1) is 18.7. The number of hydrogen-bond acceptors (Lipinski definition) is 4. The number of fused-ring (bicyclic) bond motifs is 2. The van der Waals surface area contributed by atoms with Crippen molar-refractivity contribution in [1.29, 1.82) is 0 Å². The third kappa shape index (κ3) is 4.60. The molecule has 0 fully saturated rings. The molecule has 0 spiro atoms. The van der Waals surface area contributed by atoms with Gasteiger partial charge in [-0.25, -0.2) is 4.98 Å². The van der Waals surface area contributed by atoms with Crippen LogP contribution >= 0.6 is 0 Å². The van der Waals surface area contributed by atoms with Gasteiger partial charge in [0.1, 0.15) is 5.75 Å². The second-order valence-corrected chi connectivity index (χ2v) is 8.96. The number of aryl methyl sites for hydroxylation is 1. The molecule has 3 heterocycles. The predicted molar refractivity (Wildman–Crippen MR) is 146 cm³/mol. The van der Waals surface area contributed by atoms with Crippen molar-refractivity contribution in [3.8, 4) is 22.9 Å². The first-order valence-corrected chi connectivity index (χ1v) is 12.3. The maximum Gasteiger partial charge on any atom is 0.523 e. The maximum atomic E-state index is 6.31. The van der Waals surface area contributed by atoms with Crippen LogP contribution < -0.4 is 24.2 Å². The molecule has 0 saturated carbocycles. The zero-order valence-electron chi connectivity index (χ0n) is 20.9. The number of aromatic nitrogens is 3. The number of ether oxygens (including phenoxy) is 1. The van der Waals surface area contributed by atoms with Crippen molar-refractivity contribution in [2.75, 3.05) is 4.81 Å². The van der Waals surface area contributed by atoms with Crippen molar-refractivity contribution in [2.45, 2.75) is 0 Å². The molecule has 0 saturated heterocycles. The minimum atomic E-state index is -0.360. The van der Waals surface area contributed by atoms with Crippen molar-refractivity contribution < 1.29 is 35.0 Å². The van der Waals surface area contributed by atoms with Crippen molar-refractivity contribution >= 4 is 35.1 Å². The summed E-state index contributed by atoms with van der Waals surface area (Å²) in [6.07, 6.45) is 5.12. The van der Waals surface area contributed by atoms with Crippen LogP contribution in [0.1, 0.15) is 0 Å². The Morgan fingerprint density at radius 3 is 2.33 bits per heavy atom. The van der Waals surface area contributed by atoms with Crippen molar-refractivity contribution in [1.82, 2.24) is 9.55 Å². The SMILES string of the molecule is C[n+]1[c-]n(-c2[c-]c(Oc3[c-]c(N4B(c5ccccc5)Oc5cccnc54)ccc3)ccc2)c2ccccc21.[Pt]. The monoisotopic (exact) mass is 687 g/mol. The van der Waals surface area contributed by atoms with Crippen LogP contribution in [0.4, 0.5) is 11.5 Å². The fraction of sp³-hybridized carbons (Fsp3) is 0.0323. The number of nitrogens with zero attached hydrogens (tertiary/aromatic N) is 4. The van der Waals surface area contributed by atoms with E-state index in [4.69, 9.17) is 9.39 Å². The number of rotatable bonds is 5. The molecule has 0 aliphatic carbocycles. The van der Waals surface area contributed by atoms with Gasteiger partial charge in [-0.05, 0) is 17.6 Å². The molecule has 0 unspecified atom stereocenters. The van der Waals surface area contributed by atoms with Crippen LogP contribution in [0, 0.1) is 18.5 Å². The van der Waals surface area contributed by atoms with Crippen molar-refractivity contribution in [3.63, 3.8) is 0 Å². The summed E-state index contributed by atoms with van der Waals surface area (Å²) in [5.74, 6) is 2.62. The summed E-state index contributed by atoms with van der Waals surface area (Å²) in [6.45, 7) is 0. The first kappa shape index (κ1) is 25.0. The van der Waals surface area contributed by atoms with Crippen molar-refractivity contribution in [2.24, 2.45) is 7.05 Å². The maximum absolute atomic E-state index is 6.31. The summed E-state index contributed by atoms with van der Waals surface area (Å²) in [6, 6.07) is 40.5. The minimum absolute atomic E-state index is 0. The van der Waals surface area contributed by atoms with E-state index in [2.05, 4.69) is 35.6 Å². The second kappa shape index (κ2) is 10.4. The molecule has 7 rings (SSSR count). The van der Waals surface area contributed by atoms with Gasteiger partial charge in [-0.15, -0.1) is 30.3 Å². The van der Waals surface area contributed by atoms with Crippen LogP contribution in [-0.2, 0) is 28.1 Å². The van der Waals surface area contributed by atoms with Crippen LogP contribution in [0.3, 0.4) is 0 Å². The molecule has 0 atom stereocenters. The van der Waals surface area contributed by atoms with Gasteiger partial charge in [-0.1, -0.05) is 66.0 Å². The zero-order valence-corrected chi connectivity index (χ0v) is 23.2. The van der Waals surface area contributed by atoms with Gasteiger partial charge in [0.25, 0.3) is 0 Å². The van der Waals surface area contributed by atoms with Gasteiger partial charge in [0, 0.05) is 38.8 Å². The minimum Gasteiger partial charge on any atom is -0.535 e. The van der Waals surface area contributed by atoms with Gasteiger partial charge in [-0.2, -0.15) is 18.2 Å². The van der Waals surface area contributed by atoms with E-state index < -0.39 is 0 Å². The van der Waals surface area contributed by atoms with Crippen LogP contribution in [0.2, 0.25) is 0 Å². The van der Waals surface area contributed by atoms with Gasteiger partial charge >= 0.3 is 7.05 Å². The smallest absolute Gasteiger partial charge is 0.523 e. The number of pyridine rings is 1. The number of benzene rings is 4. The normalized spacial score (nSPS) is 12.1. The second-order valence-electron chi connectivity index (χ2n) is 8.96. The van der Waals surface area contributed by atoms with Crippen LogP contribution in [0.15, 0.2) is 109 Å².